The molecule has 0 N–H and O–H groups in total. The normalized spacial score (nSPS) is 10.9. The third-order valence-corrected chi connectivity index (χ3v) is 6.45. The van der Waals surface area contributed by atoms with Crippen LogP contribution in [-0.4, -0.2) is 36.1 Å². The SMILES string of the molecule is CCOCN(C(=O)CCl)c1c(C)cccc1CC.O=C(OCc1ccccc1)c1sc(Cl)nc1C(F)(F)F. The van der Waals surface area contributed by atoms with Crippen LogP contribution in [0.15, 0.2) is 48.5 Å². The Morgan fingerprint density at radius 2 is 1.76 bits per heavy atom. The fraction of sp³-hybridized carbons (Fsp3) is 0.346. The minimum absolute atomic E-state index is 0.0371. The molecule has 0 atom stereocenters. The van der Waals surface area contributed by atoms with Gasteiger partial charge in [-0.15, -0.1) is 11.6 Å². The first kappa shape index (κ1) is 31.6. The van der Waals surface area contributed by atoms with Crippen molar-refractivity contribution in [2.24, 2.45) is 0 Å². The predicted octanol–water partition coefficient (Wildman–Crippen LogP) is 7.30. The zero-order valence-corrected chi connectivity index (χ0v) is 23.3. The zero-order chi connectivity index (χ0) is 28.3. The molecule has 6 nitrogen and oxygen atoms in total. The number of aryl methyl sites for hydroxylation is 2. The Morgan fingerprint density at radius 3 is 2.34 bits per heavy atom. The summed E-state index contributed by atoms with van der Waals surface area (Å²) in [6.45, 7) is 6.67. The first-order chi connectivity index (χ1) is 18.0. The average molecular weight is 591 g/mol. The monoisotopic (exact) mass is 590 g/mol. The van der Waals surface area contributed by atoms with Gasteiger partial charge in [-0.2, -0.15) is 13.2 Å². The number of esters is 1. The fourth-order valence-corrected chi connectivity index (χ4v) is 4.49. The summed E-state index contributed by atoms with van der Waals surface area (Å²) in [5.41, 5.74) is 2.48. The summed E-state index contributed by atoms with van der Waals surface area (Å²) < 4.78 is 47.8. The third-order valence-electron chi connectivity index (χ3n) is 5.08. The van der Waals surface area contributed by atoms with Crippen LogP contribution >= 0.6 is 34.5 Å². The number of nitrogens with zero attached hydrogens (tertiary/aromatic N) is 2. The molecule has 0 unspecified atom stereocenters. The van der Waals surface area contributed by atoms with Crippen molar-refractivity contribution in [1.82, 2.24) is 4.98 Å². The van der Waals surface area contributed by atoms with Crippen molar-refractivity contribution in [3.05, 3.63) is 80.3 Å². The number of halogens is 5. The number of benzene rings is 2. The molecule has 0 saturated heterocycles. The number of carbonyl (C=O) groups excluding carboxylic acids is 2. The number of thiazole rings is 1. The molecule has 0 aliphatic rings. The molecule has 0 aliphatic carbocycles. The first-order valence-electron chi connectivity index (χ1n) is 11.5. The maximum absolute atomic E-state index is 12.7. The van der Waals surface area contributed by atoms with Crippen LogP contribution < -0.4 is 4.90 Å². The van der Waals surface area contributed by atoms with Gasteiger partial charge in [0.2, 0.25) is 5.91 Å². The van der Waals surface area contributed by atoms with Crippen molar-refractivity contribution < 1.29 is 32.2 Å². The number of aromatic nitrogens is 1. The number of alkyl halides is 4. The molecule has 0 aliphatic heterocycles. The van der Waals surface area contributed by atoms with Gasteiger partial charge in [-0.1, -0.05) is 78.4 Å². The summed E-state index contributed by atoms with van der Waals surface area (Å²) in [5.74, 6) is -1.26. The first-order valence-corrected chi connectivity index (χ1v) is 13.2. The van der Waals surface area contributed by atoms with Crippen molar-refractivity contribution in [3.63, 3.8) is 0 Å². The van der Waals surface area contributed by atoms with Crippen LogP contribution in [-0.2, 0) is 33.5 Å². The molecule has 3 aromatic rings. The third kappa shape index (κ3) is 8.97. The molecule has 0 radical (unpaired) electrons. The highest BCUT2D eigenvalue weighted by Crippen LogP contribution is 2.36. The van der Waals surface area contributed by atoms with Crippen molar-refractivity contribution in [1.29, 1.82) is 0 Å². The van der Waals surface area contributed by atoms with Gasteiger partial charge < -0.3 is 9.47 Å². The molecule has 3 rings (SSSR count). The van der Waals surface area contributed by atoms with E-state index in [9.17, 15) is 22.8 Å². The van der Waals surface area contributed by atoms with Crippen molar-refractivity contribution in [2.45, 2.75) is 40.0 Å². The van der Waals surface area contributed by atoms with E-state index in [1.807, 2.05) is 32.0 Å². The van der Waals surface area contributed by atoms with Crippen LogP contribution in [0.1, 0.15) is 45.9 Å². The topological polar surface area (TPSA) is 68.7 Å². The van der Waals surface area contributed by atoms with Crippen molar-refractivity contribution in [3.8, 4) is 0 Å². The summed E-state index contributed by atoms with van der Waals surface area (Å²) in [7, 11) is 0. The van der Waals surface area contributed by atoms with E-state index in [0.29, 0.717) is 23.5 Å². The van der Waals surface area contributed by atoms with E-state index in [2.05, 4.69) is 11.9 Å². The molecule has 0 saturated carbocycles. The van der Waals surface area contributed by atoms with Gasteiger partial charge >= 0.3 is 12.1 Å². The number of rotatable bonds is 9. The molecule has 0 spiro atoms. The lowest BCUT2D eigenvalue weighted by Crippen LogP contribution is -2.35. The average Bonchev–Trinajstić information content (AvgIpc) is 3.31. The number of carbonyl (C=O) groups is 2. The van der Waals surface area contributed by atoms with E-state index < -0.39 is 22.7 Å². The minimum Gasteiger partial charge on any atom is -0.457 e. The number of hydrogen-bond acceptors (Lipinski definition) is 6. The Morgan fingerprint density at radius 1 is 1.08 bits per heavy atom. The molecule has 1 aromatic heterocycles. The maximum Gasteiger partial charge on any atom is 0.435 e. The molecular formula is C26H27Cl2F3N2O4S. The second-order valence-electron chi connectivity index (χ2n) is 7.72. The minimum atomic E-state index is -4.75. The molecule has 206 valence electrons. The van der Waals surface area contributed by atoms with Crippen LogP contribution in [0.3, 0.4) is 0 Å². The fourth-order valence-electron chi connectivity index (χ4n) is 3.32. The van der Waals surface area contributed by atoms with E-state index >= 15 is 0 Å². The van der Waals surface area contributed by atoms with Gasteiger partial charge in [0, 0.05) is 6.61 Å². The molecule has 38 heavy (non-hydrogen) atoms. The number of para-hydroxylation sites is 1. The molecule has 0 fully saturated rings. The van der Waals surface area contributed by atoms with E-state index in [4.69, 9.17) is 32.7 Å². The van der Waals surface area contributed by atoms with Gasteiger partial charge in [0.1, 0.15) is 24.1 Å². The Kier molecular flexibility index (Phi) is 12.5. The Bertz CT molecular complexity index is 1210. The van der Waals surface area contributed by atoms with Gasteiger partial charge in [-0.3, -0.25) is 9.69 Å². The Labute approximate surface area is 233 Å². The Balaban J connectivity index is 0.000000269. The smallest absolute Gasteiger partial charge is 0.435 e. The second kappa shape index (κ2) is 15.1. The molecular weight excluding hydrogens is 564 g/mol. The van der Waals surface area contributed by atoms with E-state index in [-0.39, 0.29) is 29.6 Å². The Hall–Kier alpha value is -2.66. The largest absolute Gasteiger partial charge is 0.457 e. The lowest BCUT2D eigenvalue weighted by Gasteiger charge is -2.25. The maximum atomic E-state index is 12.7. The van der Waals surface area contributed by atoms with Gasteiger partial charge in [0.05, 0.1) is 5.69 Å². The lowest BCUT2D eigenvalue weighted by atomic mass is 10.0. The van der Waals surface area contributed by atoms with Crippen LogP contribution in [0.4, 0.5) is 18.9 Å². The summed E-state index contributed by atoms with van der Waals surface area (Å²) >= 11 is 11.6. The summed E-state index contributed by atoms with van der Waals surface area (Å²) in [6.07, 6.45) is -3.88. The molecule has 1 amide bonds. The van der Waals surface area contributed by atoms with Crippen LogP contribution in [0.5, 0.6) is 0 Å². The number of ether oxygens (including phenoxy) is 2. The van der Waals surface area contributed by atoms with Crippen LogP contribution in [0, 0.1) is 6.92 Å². The standard InChI is InChI=1S/C14H20ClNO2.C12H7ClF3NO2S/c1-4-12-8-6-7-11(3)14(12)16(10-18-5-2)13(17)9-15;13-11-17-9(12(14,15)16)8(20-11)10(18)19-6-7-4-2-1-3-5-7/h6-8H,4-5,9-10H2,1-3H3;1-5H,6H2. The molecule has 0 bridgehead atoms. The molecule has 2 aromatic carbocycles. The number of anilines is 1. The van der Waals surface area contributed by atoms with Crippen LogP contribution in [0.2, 0.25) is 4.47 Å². The van der Waals surface area contributed by atoms with Gasteiger partial charge in [-0.25, -0.2) is 9.78 Å². The summed E-state index contributed by atoms with van der Waals surface area (Å²) in [6, 6.07) is 14.6. The highest BCUT2D eigenvalue weighted by molar-refractivity contribution is 7.17. The zero-order valence-electron chi connectivity index (χ0n) is 21.0. The second-order valence-corrected chi connectivity index (χ2v) is 9.57. The van der Waals surface area contributed by atoms with Crippen LogP contribution in [0.25, 0.3) is 0 Å². The molecule has 1 heterocycles. The summed E-state index contributed by atoms with van der Waals surface area (Å²) in [4.78, 5) is 27.7. The highest BCUT2D eigenvalue weighted by Gasteiger charge is 2.40. The lowest BCUT2D eigenvalue weighted by molar-refractivity contribution is -0.141. The highest BCUT2D eigenvalue weighted by atomic mass is 35.5. The van der Waals surface area contributed by atoms with E-state index in [0.717, 1.165) is 23.2 Å². The van der Waals surface area contributed by atoms with Gasteiger partial charge in [0.15, 0.2) is 10.2 Å². The van der Waals surface area contributed by atoms with Crippen molar-refractivity contribution >= 4 is 52.1 Å². The molecule has 12 heteroatoms. The van der Waals surface area contributed by atoms with Gasteiger partial charge in [0.25, 0.3) is 0 Å². The van der Waals surface area contributed by atoms with Crippen molar-refractivity contribution in [2.75, 3.05) is 24.1 Å². The number of hydrogen-bond donors (Lipinski definition) is 0. The predicted molar refractivity (Wildman–Crippen MR) is 143 cm³/mol. The van der Waals surface area contributed by atoms with E-state index in [1.54, 1.807) is 35.2 Å². The van der Waals surface area contributed by atoms with Gasteiger partial charge in [-0.05, 0) is 37.0 Å². The quantitative estimate of drug-likeness (QED) is 0.149. The van der Waals surface area contributed by atoms with E-state index in [1.165, 1.54) is 0 Å². The summed E-state index contributed by atoms with van der Waals surface area (Å²) in [5, 5.41) is 0. The number of amides is 1.